The Morgan fingerprint density at radius 1 is 1.16 bits per heavy atom. The van der Waals surface area contributed by atoms with Crippen molar-refractivity contribution in [1.82, 2.24) is 15.5 Å². The van der Waals surface area contributed by atoms with E-state index in [1.165, 1.54) is 11.1 Å². The summed E-state index contributed by atoms with van der Waals surface area (Å²) < 4.78 is 16.8. The third-order valence-electron chi connectivity index (χ3n) is 7.34. The number of amides is 1. The van der Waals surface area contributed by atoms with Gasteiger partial charge in [0.25, 0.3) is 0 Å². The summed E-state index contributed by atoms with van der Waals surface area (Å²) in [6, 6.07) is 12.7. The van der Waals surface area contributed by atoms with Crippen molar-refractivity contribution in [3.8, 4) is 5.75 Å². The first kappa shape index (κ1) is 25.1. The molecule has 8 nitrogen and oxygen atoms in total. The lowest BCUT2D eigenvalue weighted by Gasteiger charge is -2.30. The summed E-state index contributed by atoms with van der Waals surface area (Å²) >= 11 is 0. The minimum atomic E-state index is 0.0184. The number of nitrogens with zero attached hydrogens (tertiary/aromatic N) is 3. The van der Waals surface area contributed by atoms with Crippen LogP contribution in [0, 0.1) is 11.8 Å². The first-order valence-corrected chi connectivity index (χ1v) is 13.4. The van der Waals surface area contributed by atoms with Crippen molar-refractivity contribution < 1.29 is 18.5 Å². The first-order valence-electron chi connectivity index (χ1n) is 13.4. The Labute approximate surface area is 218 Å². The molecule has 1 unspecified atom stereocenters. The Morgan fingerprint density at radius 2 is 1.97 bits per heavy atom. The van der Waals surface area contributed by atoms with E-state index in [1.807, 2.05) is 12.1 Å². The Balaban J connectivity index is 1.05. The van der Waals surface area contributed by atoms with Gasteiger partial charge in [0.2, 0.25) is 5.91 Å². The molecular weight excluding hydrogens is 468 g/mol. The van der Waals surface area contributed by atoms with Gasteiger partial charge in [-0.3, -0.25) is 4.79 Å². The summed E-state index contributed by atoms with van der Waals surface area (Å²) in [5.74, 6) is 3.34. The Hall–Kier alpha value is -3.55. The molecule has 1 N–H and O–H groups in total. The molecule has 1 aliphatic carbocycles. The fraction of sp³-hybridized carbons (Fsp3) is 0.483. The zero-order valence-corrected chi connectivity index (χ0v) is 21.7. The Kier molecular flexibility index (Phi) is 7.92. The molecule has 1 amide bonds. The zero-order chi connectivity index (χ0) is 25.6. The van der Waals surface area contributed by atoms with Gasteiger partial charge >= 0.3 is 6.01 Å². The molecule has 2 aromatic heterocycles. The van der Waals surface area contributed by atoms with Crippen LogP contribution in [0.25, 0.3) is 5.57 Å². The van der Waals surface area contributed by atoms with Gasteiger partial charge in [-0.05, 0) is 73.4 Å². The molecule has 8 heteroatoms. The highest BCUT2D eigenvalue weighted by Crippen LogP contribution is 2.31. The molecular formula is C29H36N4O4. The number of rotatable bonds is 9. The molecule has 0 bridgehead atoms. The topological polar surface area (TPSA) is 93.6 Å². The van der Waals surface area contributed by atoms with Crippen LogP contribution in [0.1, 0.15) is 69.0 Å². The maximum absolute atomic E-state index is 12.5. The van der Waals surface area contributed by atoms with Crippen molar-refractivity contribution >= 4 is 17.5 Å². The standard InChI is InChI=1S/C29H36N4O4/c1-20(2)27-31-29(37-32-27)33-15-13-21(14-16-33)19-36-25-11-9-23(10-12-25)22-5-7-24(8-6-22)28(34)30-18-26-4-3-17-35-26/h3-5,9-12,17,20-21,24H,6-8,13-16,18-19H2,1-2H3,(H,30,34). The summed E-state index contributed by atoms with van der Waals surface area (Å²) in [4.78, 5) is 19.2. The Morgan fingerprint density at radius 3 is 2.62 bits per heavy atom. The van der Waals surface area contributed by atoms with Crippen LogP contribution in [0.4, 0.5) is 6.01 Å². The van der Waals surface area contributed by atoms with E-state index >= 15 is 0 Å². The number of carbonyl (C=O) groups excluding carboxylic acids is 1. The molecule has 3 aromatic rings. The summed E-state index contributed by atoms with van der Waals surface area (Å²) in [7, 11) is 0. The number of piperidine rings is 1. The molecule has 196 valence electrons. The van der Waals surface area contributed by atoms with Gasteiger partial charge in [0.1, 0.15) is 11.5 Å². The predicted molar refractivity (Wildman–Crippen MR) is 141 cm³/mol. The van der Waals surface area contributed by atoms with E-state index in [2.05, 4.69) is 64.5 Å². The minimum Gasteiger partial charge on any atom is -0.493 e. The molecule has 1 atom stereocenters. The molecule has 1 saturated heterocycles. The van der Waals surface area contributed by atoms with Crippen molar-refractivity contribution in [2.24, 2.45) is 11.8 Å². The van der Waals surface area contributed by atoms with E-state index in [1.54, 1.807) is 6.26 Å². The van der Waals surface area contributed by atoms with Crippen LogP contribution in [0.2, 0.25) is 0 Å². The number of furan rings is 1. The summed E-state index contributed by atoms with van der Waals surface area (Å²) in [5, 5.41) is 7.06. The lowest BCUT2D eigenvalue weighted by atomic mass is 9.86. The van der Waals surface area contributed by atoms with E-state index in [9.17, 15) is 4.79 Å². The molecule has 5 rings (SSSR count). The molecule has 2 aliphatic rings. The number of nitrogens with one attached hydrogen (secondary N) is 1. The zero-order valence-electron chi connectivity index (χ0n) is 21.7. The number of hydrogen-bond acceptors (Lipinski definition) is 7. The van der Waals surface area contributed by atoms with Crippen molar-refractivity contribution in [3.63, 3.8) is 0 Å². The van der Waals surface area contributed by atoms with E-state index in [0.29, 0.717) is 25.1 Å². The maximum atomic E-state index is 12.5. The molecule has 3 heterocycles. The number of ether oxygens (including phenoxy) is 1. The van der Waals surface area contributed by atoms with Crippen LogP contribution >= 0.6 is 0 Å². The van der Waals surface area contributed by atoms with E-state index in [-0.39, 0.29) is 17.7 Å². The van der Waals surface area contributed by atoms with E-state index < -0.39 is 0 Å². The van der Waals surface area contributed by atoms with Crippen LogP contribution in [-0.4, -0.2) is 35.7 Å². The summed E-state index contributed by atoms with van der Waals surface area (Å²) in [5.41, 5.74) is 2.51. The number of carbonyl (C=O) groups is 1. The molecule has 0 saturated carbocycles. The number of aromatic nitrogens is 2. The highest BCUT2D eigenvalue weighted by Gasteiger charge is 2.25. The normalized spacial score (nSPS) is 18.6. The van der Waals surface area contributed by atoms with Crippen molar-refractivity contribution in [2.45, 2.75) is 58.4 Å². The van der Waals surface area contributed by atoms with Gasteiger partial charge in [0.15, 0.2) is 5.82 Å². The second kappa shape index (κ2) is 11.7. The highest BCUT2D eigenvalue weighted by atomic mass is 16.5. The van der Waals surface area contributed by atoms with Gasteiger partial charge in [0, 0.05) is 24.9 Å². The van der Waals surface area contributed by atoms with Gasteiger partial charge in [-0.15, -0.1) is 0 Å². The largest absolute Gasteiger partial charge is 0.493 e. The van der Waals surface area contributed by atoms with Gasteiger partial charge in [0.05, 0.1) is 19.4 Å². The summed E-state index contributed by atoms with van der Waals surface area (Å²) in [6.07, 6.45) is 8.43. The number of anilines is 1. The van der Waals surface area contributed by atoms with E-state index in [0.717, 1.165) is 62.5 Å². The highest BCUT2D eigenvalue weighted by molar-refractivity contribution is 5.80. The van der Waals surface area contributed by atoms with Crippen LogP contribution in [0.3, 0.4) is 0 Å². The maximum Gasteiger partial charge on any atom is 0.324 e. The van der Waals surface area contributed by atoms with Crippen molar-refractivity contribution in [2.75, 3.05) is 24.6 Å². The SMILES string of the molecule is CC(C)c1noc(N2CCC(COc3ccc(C4=CCC(C(=O)NCc5ccco5)CC4)cc3)CC2)n1. The van der Waals surface area contributed by atoms with Gasteiger partial charge < -0.3 is 23.9 Å². The van der Waals surface area contributed by atoms with Crippen molar-refractivity contribution in [3.05, 3.63) is 65.9 Å². The van der Waals surface area contributed by atoms with Gasteiger partial charge in [-0.2, -0.15) is 4.98 Å². The first-order chi connectivity index (χ1) is 18.0. The smallest absolute Gasteiger partial charge is 0.324 e. The van der Waals surface area contributed by atoms with Gasteiger partial charge in [-0.1, -0.05) is 37.2 Å². The van der Waals surface area contributed by atoms with Crippen LogP contribution < -0.4 is 15.0 Å². The monoisotopic (exact) mass is 504 g/mol. The predicted octanol–water partition coefficient (Wildman–Crippen LogP) is 5.58. The van der Waals surface area contributed by atoms with Gasteiger partial charge in [-0.25, -0.2) is 0 Å². The minimum absolute atomic E-state index is 0.0184. The van der Waals surface area contributed by atoms with Crippen LogP contribution in [0.5, 0.6) is 5.75 Å². The average Bonchev–Trinajstić information content (AvgIpc) is 3.64. The summed E-state index contributed by atoms with van der Waals surface area (Å²) in [6.45, 7) is 7.10. The molecule has 0 radical (unpaired) electrons. The molecule has 1 aromatic carbocycles. The average molecular weight is 505 g/mol. The number of benzene rings is 1. The lowest BCUT2D eigenvalue weighted by molar-refractivity contribution is -0.125. The fourth-order valence-corrected chi connectivity index (χ4v) is 4.93. The molecule has 1 fully saturated rings. The third-order valence-corrected chi connectivity index (χ3v) is 7.34. The lowest BCUT2D eigenvalue weighted by Crippen LogP contribution is -2.35. The second-order valence-electron chi connectivity index (χ2n) is 10.4. The fourth-order valence-electron chi connectivity index (χ4n) is 4.93. The molecule has 37 heavy (non-hydrogen) atoms. The number of hydrogen-bond donors (Lipinski definition) is 1. The van der Waals surface area contributed by atoms with Crippen LogP contribution in [0.15, 0.2) is 57.7 Å². The molecule has 1 aliphatic heterocycles. The quantitative estimate of drug-likeness (QED) is 0.406. The van der Waals surface area contributed by atoms with Crippen LogP contribution in [-0.2, 0) is 11.3 Å². The van der Waals surface area contributed by atoms with Crippen molar-refractivity contribution in [1.29, 1.82) is 0 Å². The Bertz CT molecular complexity index is 1170. The number of allylic oxidation sites excluding steroid dienone is 2. The molecule has 0 spiro atoms. The second-order valence-corrected chi connectivity index (χ2v) is 10.4. The van der Waals surface area contributed by atoms with E-state index in [4.69, 9.17) is 13.7 Å². The third kappa shape index (κ3) is 6.42.